The summed E-state index contributed by atoms with van der Waals surface area (Å²) in [7, 11) is 1.71. The van der Waals surface area contributed by atoms with Gasteiger partial charge in [0.2, 0.25) is 23.6 Å². The van der Waals surface area contributed by atoms with Crippen LogP contribution >= 0.6 is 0 Å². The van der Waals surface area contributed by atoms with Crippen LogP contribution in [0.2, 0.25) is 0 Å². The van der Waals surface area contributed by atoms with Crippen molar-refractivity contribution in [3.63, 3.8) is 0 Å². The molecule has 0 rings (SSSR count). The lowest BCUT2D eigenvalue weighted by molar-refractivity contribution is -0.128. The van der Waals surface area contributed by atoms with Gasteiger partial charge in [0.1, 0.15) is 19.8 Å². The Balaban J connectivity index is 3.37. The molecule has 0 bridgehead atoms. The number of likely N-dealkylation sites (N-methyl/N-ethyl adjacent to an activating group) is 1. The summed E-state index contributed by atoms with van der Waals surface area (Å²) < 4.78 is 31.7. The number of hydrogen-bond acceptors (Lipinski definition) is 11. The van der Waals surface area contributed by atoms with Gasteiger partial charge < -0.3 is 55.0 Å². The topological polar surface area (TPSA) is 184 Å². The molecule has 0 saturated heterocycles. The van der Waals surface area contributed by atoms with Gasteiger partial charge >= 0.3 is 0 Å². The second-order valence-electron chi connectivity index (χ2n) is 8.78. The highest BCUT2D eigenvalue weighted by atomic mass is 16.5. The lowest BCUT2D eigenvalue weighted by Gasteiger charge is -2.11. The van der Waals surface area contributed by atoms with Crippen molar-refractivity contribution in [2.75, 3.05) is 113 Å². The zero-order valence-corrected chi connectivity index (χ0v) is 25.2. The van der Waals surface area contributed by atoms with Crippen molar-refractivity contribution < 1.29 is 47.6 Å². The maximum Gasteiger partial charge on any atom is 0.246 e. The third-order valence-electron chi connectivity index (χ3n) is 5.23. The van der Waals surface area contributed by atoms with E-state index in [9.17, 15) is 19.2 Å². The number of ether oxygens (including phenoxy) is 6. The predicted molar refractivity (Wildman–Crippen MR) is 155 cm³/mol. The van der Waals surface area contributed by atoms with Crippen LogP contribution in [0.25, 0.3) is 0 Å². The van der Waals surface area contributed by atoms with Crippen molar-refractivity contribution in [1.82, 2.24) is 26.6 Å². The average molecular weight is 606 g/mol. The van der Waals surface area contributed by atoms with Gasteiger partial charge in [0.05, 0.1) is 65.5 Å². The maximum absolute atomic E-state index is 11.7. The first-order valence-electron chi connectivity index (χ1n) is 14.2. The van der Waals surface area contributed by atoms with E-state index in [-0.39, 0.29) is 75.9 Å². The Morgan fingerprint density at radius 3 is 1.38 bits per heavy atom. The molecule has 15 heteroatoms. The Bertz CT molecular complexity index is 729. The Morgan fingerprint density at radius 2 is 0.976 bits per heavy atom. The zero-order valence-electron chi connectivity index (χ0n) is 25.2. The molecule has 42 heavy (non-hydrogen) atoms. The van der Waals surface area contributed by atoms with E-state index in [0.717, 1.165) is 12.8 Å². The minimum Gasteiger partial charge on any atom is -0.377 e. The zero-order chi connectivity index (χ0) is 31.1. The molecule has 0 aromatic heterocycles. The van der Waals surface area contributed by atoms with Crippen LogP contribution in [-0.2, 0) is 47.6 Å². The van der Waals surface area contributed by atoms with E-state index in [1.54, 1.807) is 20.0 Å². The Kier molecular flexibility index (Phi) is 27.9. The molecule has 0 radical (unpaired) electrons. The minimum absolute atomic E-state index is 0.0158. The van der Waals surface area contributed by atoms with E-state index >= 15 is 0 Å². The Hall–Kier alpha value is -2.66. The number of hydrogen-bond donors (Lipinski definition) is 5. The normalized spacial score (nSPS) is 11.5. The van der Waals surface area contributed by atoms with E-state index in [0.29, 0.717) is 59.2 Å². The van der Waals surface area contributed by atoms with Gasteiger partial charge in [-0.25, -0.2) is 0 Å². The van der Waals surface area contributed by atoms with Crippen LogP contribution < -0.4 is 26.6 Å². The molecular formula is C27H51N5O10. The van der Waals surface area contributed by atoms with Crippen molar-refractivity contribution in [1.29, 1.82) is 0 Å². The second kappa shape index (κ2) is 29.8. The highest BCUT2D eigenvalue weighted by molar-refractivity contribution is 5.81. The lowest BCUT2D eigenvalue weighted by atomic mass is 10.3. The molecule has 0 aliphatic heterocycles. The second-order valence-corrected chi connectivity index (χ2v) is 8.78. The summed E-state index contributed by atoms with van der Waals surface area (Å²) in [5, 5.41) is 13.7. The average Bonchev–Trinajstić information content (AvgIpc) is 2.98. The molecule has 5 N–H and O–H groups in total. The summed E-state index contributed by atoms with van der Waals surface area (Å²) in [6.45, 7) is 9.48. The molecule has 0 unspecified atom stereocenters. The van der Waals surface area contributed by atoms with Crippen LogP contribution in [0.3, 0.4) is 0 Å². The standard InChI is InChI=1S/C27H51N5O10/c1-4-5-6-7-29-24(33)20-40-17-14-37-11-8-30-25(34)21-41-18-15-38-12-9-31-26(35)22-42-19-16-39-13-10-32-27(36)23(2)28-3/h4,23,28H,1,5-22H2,2-3H3,(H,29,33)(H,30,34)(H,31,35)(H,32,36)/t23-/m1/s1. The van der Waals surface area contributed by atoms with E-state index in [2.05, 4.69) is 33.2 Å². The van der Waals surface area contributed by atoms with Crippen LogP contribution in [0.4, 0.5) is 0 Å². The van der Waals surface area contributed by atoms with Gasteiger partial charge in [-0.15, -0.1) is 6.58 Å². The number of unbranched alkanes of at least 4 members (excludes halogenated alkanes) is 1. The van der Waals surface area contributed by atoms with Crippen molar-refractivity contribution in [2.24, 2.45) is 0 Å². The van der Waals surface area contributed by atoms with E-state index in [1.165, 1.54) is 0 Å². The van der Waals surface area contributed by atoms with Crippen molar-refractivity contribution in [2.45, 2.75) is 25.8 Å². The minimum atomic E-state index is -0.272. The molecular weight excluding hydrogens is 554 g/mol. The number of nitrogens with one attached hydrogen (secondary N) is 5. The summed E-state index contributed by atoms with van der Waals surface area (Å²) in [6, 6.07) is -0.258. The monoisotopic (exact) mass is 605 g/mol. The van der Waals surface area contributed by atoms with Crippen LogP contribution in [0.5, 0.6) is 0 Å². The number of allylic oxidation sites excluding steroid dienone is 1. The third-order valence-corrected chi connectivity index (χ3v) is 5.23. The van der Waals surface area contributed by atoms with Gasteiger partial charge in [0, 0.05) is 26.2 Å². The van der Waals surface area contributed by atoms with Gasteiger partial charge in [-0.2, -0.15) is 0 Å². The van der Waals surface area contributed by atoms with Gasteiger partial charge in [0.15, 0.2) is 0 Å². The molecule has 1 atom stereocenters. The van der Waals surface area contributed by atoms with Crippen molar-refractivity contribution in [3.05, 3.63) is 12.7 Å². The van der Waals surface area contributed by atoms with Crippen molar-refractivity contribution >= 4 is 23.6 Å². The highest BCUT2D eigenvalue weighted by Crippen LogP contribution is 1.87. The molecule has 244 valence electrons. The first-order valence-corrected chi connectivity index (χ1v) is 14.2. The number of carbonyl (C=O) groups is 4. The van der Waals surface area contributed by atoms with Crippen LogP contribution in [0, 0.1) is 0 Å². The van der Waals surface area contributed by atoms with Gasteiger partial charge in [0.25, 0.3) is 0 Å². The van der Waals surface area contributed by atoms with E-state index in [1.807, 2.05) is 0 Å². The van der Waals surface area contributed by atoms with Crippen LogP contribution in [-0.4, -0.2) is 142 Å². The molecule has 0 aliphatic carbocycles. The first kappa shape index (κ1) is 39.3. The first-order chi connectivity index (χ1) is 20.4. The molecule has 15 nitrogen and oxygen atoms in total. The number of amides is 4. The smallest absolute Gasteiger partial charge is 0.246 e. The van der Waals surface area contributed by atoms with Crippen LogP contribution in [0.1, 0.15) is 19.8 Å². The molecule has 4 amide bonds. The fraction of sp³-hybridized carbons (Fsp3) is 0.778. The quantitative estimate of drug-likeness (QED) is 0.0456. The van der Waals surface area contributed by atoms with E-state index in [4.69, 9.17) is 28.4 Å². The summed E-state index contributed by atoms with van der Waals surface area (Å²) in [6.07, 6.45) is 3.51. The third kappa shape index (κ3) is 27.5. The maximum atomic E-state index is 11.7. The Labute approximate surface area is 249 Å². The molecule has 0 fully saturated rings. The summed E-state index contributed by atoms with van der Waals surface area (Å²) in [5.41, 5.74) is 0. The summed E-state index contributed by atoms with van der Waals surface area (Å²) in [5.74, 6) is -0.804. The fourth-order valence-corrected chi connectivity index (χ4v) is 2.84. The Morgan fingerprint density at radius 1 is 0.595 bits per heavy atom. The molecule has 0 heterocycles. The van der Waals surface area contributed by atoms with Gasteiger partial charge in [-0.05, 0) is 26.8 Å². The molecule has 0 aliphatic rings. The van der Waals surface area contributed by atoms with Gasteiger partial charge in [-0.1, -0.05) is 6.08 Å². The molecule has 0 saturated carbocycles. The highest BCUT2D eigenvalue weighted by Gasteiger charge is 2.08. The largest absolute Gasteiger partial charge is 0.377 e. The number of rotatable bonds is 30. The van der Waals surface area contributed by atoms with Gasteiger partial charge in [-0.3, -0.25) is 19.2 Å². The fourth-order valence-electron chi connectivity index (χ4n) is 2.84. The summed E-state index contributed by atoms with van der Waals surface area (Å²) in [4.78, 5) is 46.5. The SMILES string of the molecule is C=CCCCNC(=O)COCCOCCNC(=O)COCCOCCNC(=O)COCCOCCNC(=O)[C@@H](C)NC. The lowest BCUT2D eigenvalue weighted by Crippen LogP contribution is -2.41. The number of carbonyl (C=O) groups excluding carboxylic acids is 4. The van der Waals surface area contributed by atoms with Crippen molar-refractivity contribution in [3.8, 4) is 0 Å². The van der Waals surface area contributed by atoms with Crippen LogP contribution in [0.15, 0.2) is 12.7 Å². The predicted octanol–water partition coefficient (Wildman–Crippen LogP) is -1.88. The molecule has 0 spiro atoms. The molecule has 0 aromatic carbocycles. The summed E-state index contributed by atoms with van der Waals surface area (Å²) >= 11 is 0. The van der Waals surface area contributed by atoms with E-state index < -0.39 is 0 Å². The molecule has 0 aromatic rings.